The second kappa shape index (κ2) is 6.12. The van der Waals surface area contributed by atoms with Crippen molar-refractivity contribution in [2.24, 2.45) is 11.8 Å². The maximum Gasteiger partial charge on any atom is 0.107 e. The smallest absolute Gasteiger partial charge is 0.107 e. The van der Waals surface area contributed by atoms with E-state index in [1.165, 1.54) is 36.5 Å². The Bertz CT molecular complexity index is 441. The van der Waals surface area contributed by atoms with Gasteiger partial charge in [0.15, 0.2) is 0 Å². The summed E-state index contributed by atoms with van der Waals surface area (Å²) in [6.07, 6.45) is 4.06. The molecule has 3 unspecified atom stereocenters. The van der Waals surface area contributed by atoms with Gasteiger partial charge in [-0.15, -0.1) is 11.3 Å². The molecule has 3 rings (SSSR count). The molecule has 1 saturated heterocycles. The van der Waals surface area contributed by atoms with Crippen LogP contribution in [-0.2, 0) is 13.1 Å². The largest absolute Gasteiger partial charge is 0.308 e. The fraction of sp³-hybridized carbons (Fsp3) is 0.812. The molecule has 0 amide bonds. The Morgan fingerprint density at radius 3 is 2.90 bits per heavy atom. The van der Waals surface area contributed by atoms with Gasteiger partial charge in [0.1, 0.15) is 5.01 Å². The predicted octanol–water partition coefficient (Wildman–Crippen LogP) is 3.26. The van der Waals surface area contributed by atoms with Gasteiger partial charge in [0, 0.05) is 37.1 Å². The van der Waals surface area contributed by atoms with Crippen LogP contribution in [-0.4, -0.2) is 28.5 Å². The summed E-state index contributed by atoms with van der Waals surface area (Å²) in [5.41, 5.74) is 1.26. The monoisotopic (exact) mass is 293 g/mol. The van der Waals surface area contributed by atoms with Crippen LogP contribution in [0, 0.1) is 11.8 Å². The van der Waals surface area contributed by atoms with Gasteiger partial charge in [0.25, 0.3) is 0 Å². The van der Waals surface area contributed by atoms with Gasteiger partial charge in [-0.3, -0.25) is 4.90 Å². The molecule has 3 atom stereocenters. The van der Waals surface area contributed by atoms with E-state index in [1.807, 2.05) is 11.3 Å². The molecular weight excluding hydrogens is 266 g/mol. The normalized spacial score (nSPS) is 31.6. The number of rotatable bonds is 5. The molecule has 0 radical (unpaired) electrons. The summed E-state index contributed by atoms with van der Waals surface area (Å²) in [6, 6.07) is 1.45. The highest BCUT2D eigenvalue weighted by molar-refractivity contribution is 7.09. The zero-order valence-corrected chi connectivity index (χ0v) is 13.7. The minimum absolute atomic E-state index is 0.681. The molecule has 2 heterocycles. The number of thiazole rings is 1. The van der Waals surface area contributed by atoms with Crippen molar-refractivity contribution in [2.45, 2.75) is 65.2 Å². The summed E-state index contributed by atoms with van der Waals surface area (Å²) in [7, 11) is 0. The summed E-state index contributed by atoms with van der Waals surface area (Å²) in [6.45, 7) is 10.3. The fourth-order valence-corrected chi connectivity index (χ4v) is 4.01. The minimum Gasteiger partial charge on any atom is -0.308 e. The van der Waals surface area contributed by atoms with Gasteiger partial charge in [-0.05, 0) is 38.0 Å². The van der Waals surface area contributed by atoms with Gasteiger partial charge in [0.2, 0.25) is 0 Å². The first-order valence-electron chi connectivity index (χ1n) is 8.02. The topological polar surface area (TPSA) is 28.2 Å². The number of aromatic nitrogens is 1. The van der Waals surface area contributed by atoms with E-state index in [-0.39, 0.29) is 0 Å². The van der Waals surface area contributed by atoms with Crippen molar-refractivity contribution in [3.8, 4) is 0 Å². The molecule has 1 aromatic rings. The summed E-state index contributed by atoms with van der Waals surface area (Å²) in [4.78, 5) is 7.42. The Hall–Kier alpha value is -0.450. The van der Waals surface area contributed by atoms with Gasteiger partial charge < -0.3 is 5.32 Å². The highest BCUT2D eigenvalue weighted by atomic mass is 32.1. The molecule has 2 fully saturated rings. The van der Waals surface area contributed by atoms with Crippen molar-refractivity contribution >= 4 is 11.3 Å². The van der Waals surface area contributed by atoms with Crippen molar-refractivity contribution in [3.63, 3.8) is 0 Å². The third-order valence-corrected chi connectivity index (χ3v) is 5.70. The molecular formula is C16H27N3S. The summed E-state index contributed by atoms with van der Waals surface area (Å²) >= 11 is 1.81. The van der Waals surface area contributed by atoms with Crippen molar-refractivity contribution < 1.29 is 0 Å². The second-order valence-corrected chi connectivity index (χ2v) is 7.82. The van der Waals surface area contributed by atoms with Crippen LogP contribution in [0.1, 0.15) is 50.7 Å². The van der Waals surface area contributed by atoms with Crippen LogP contribution < -0.4 is 5.32 Å². The van der Waals surface area contributed by atoms with Gasteiger partial charge in [-0.2, -0.15) is 0 Å². The van der Waals surface area contributed by atoms with Gasteiger partial charge in [-0.25, -0.2) is 4.98 Å². The molecule has 0 bridgehead atoms. The van der Waals surface area contributed by atoms with Crippen LogP contribution in [0.2, 0.25) is 0 Å². The Morgan fingerprint density at radius 1 is 1.35 bits per heavy atom. The predicted molar refractivity (Wildman–Crippen MR) is 84.8 cm³/mol. The highest BCUT2D eigenvalue weighted by Crippen LogP contribution is 2.28. The van der Waals surface area contributed by atoms with Crippen LogP contribution in [0.5, 0.6) is 0 Å². The average molecular weight is 293 g/mol. The molecule has 1 aliphatic heterocycles. The standard InChI is InChI=1S/C16H27N3S/c1-11-6-12(2)13(3)19(8-11)9-15-10-20-16(18-15)7-17-14-4-5-14/h10-14,17H,4-9H2,1-3H3. The van der Waals surface area contributed by atoms with Crippen LogP contribution in [0.25, 0.3) is 0 Å². The lowest BCUT2D eigenvalue weighted by Gasteiger charge is -2.40. The molecule has 1 saturated carbocycles. The third kappa shape index (κ3) is 3.60. The quantitative estimate of drug-likeness (QED) is 0.903. The molecule has 2 aliphatic rings. The van der Waals surface area contributed by atoms with E-state index in [0.29, 0.717) is 6.04 Å². The van der Waals surface area contributed by atoms with Crippen molar-refractivity contribution in [1.29, 1.82) is 0 Å². The minimum atomic E-state index is 0.681. The molecule has 0 spiro atoms. The maximum atomic E-state index is 4.80. The molecule has 0 aromatic carbocycles. The lowest BCUT2D eigenvalue weighted by atomic mass is 9.86. The number of likely N-dealkylation sites (tertiary alicyclic amines) is 1. The summed E-state index contributed by atoms with van der Waals surface area (Å²) < 4.78 is 0. The van der Waals surface area contributed by atoms with E-state index in [4.69, 9.17) is 4.98 Å². The lowest BCUT2D eigenvalue weighted by Crippen LogP contribution is -2.45. The van der Waals surface area contributed by atoms with Crippen LogP contribution in [0.15, 0.2) is 5.38 Å². The van der Waals surface area contributed by atoms with Gasteiger partial charge >= 0.3 is 0 Å². The fourth-order valence-electron chi connectivity index (χ4n) is 3.27. The maximum absolute atomic E-state index is 4.80. The number of nitrogens with one attached hydrogen (secondary N) is 1. The Kier molecular flexibility index (Phi) is 4.43. The number of nitrogens with zero attached hydrogens (tertiary/aromatic N) is 2. The molecule has 1 N–H and O–H groups in total. The highest BCUT2D eigenvalue weighted by Gasteiger charge is 2.29. The average Bonchev–Trinajstić information content (AvgIpc) is 3.13. The SMILES string of the molecule is CC1CC(C)C(C)N(Cc2csc(CNC3CC3)n2)C1. The Labute approximate surface area is 126 Å². The van der Waals surface area contributed by atoms with E-state index in [9.17, 15) is 0 Å². The van der Waals surface area contributed by atoms with Crippen LogP contribution in [0.3, 0.4) is 0 Å². The molecule has 112 valence electrons. The van der Waals surface area contributed by atoms with Crippen LogP contribution in [0.4, 0.5) is 0 Å². The Morgan fingerprint density at radius 2 is 2.15 bits per heavy atom. The lowest BCUT2D eigenvalue weighted by molar-refractivity contribution is 0.0720. The molecule has 20 heavy (non-hydrogen) atoms. The third-order valence-electron chi connectivity index (χ3n) is 4.80. The van der Waals surface area contributed by atoms with Crippen LogP contribution >= 0.6 is 11.3 Å². The first kappa shape index (κ1) is 14.5. The van der Waals surface area contributed by atoms with Crippen molar-refractivity contribution in [1.82, 2.24) is 15.2 Å². The molecule has 1 aliphatic carbocycles. The first-order valence-corrected chi connectivity index (χ1v) is 8.90. The first-order chi connectivity index (χ1) is 9.61. The van der Waals surface area contributed by atoms with E-state index in [0.717, 1.165) is 31.0 Å². The van der Waals surface area contributed by atoms with Gasteiger partial charge in [-0.1, -0.05) is 13.8 Å². The number of hydrogen-bond acceptors (Lipinski definition) is 4. The van der Waals surface area contributed by atoms with E-state index >= 15 is 0 Å². The zero-order valence-electron chi connectivity index (χ0n) is 12.9. The van der Waals surface area contributed by atoms with Crippen molar-refractivity contribution in [2.75, 3.05) is 6.54 Å². The van der Waals surface area contributed by atoms with E-state index in [1.54, 1.807) is 0 Å². The van der Waals surface area contributed by atoms with E-state index < -0.39 is 0 Å². The molecule has 1 aromatic heterocycles. The number of hydrogen-bond donors (Lipinski definition) is 1. The number of piperidine rings is 1. The van der Waals surface area contributed by atoms with Gasteiger partial charge in [0.05, 0.1) is 5.69 Å². The zero-order chi connectivity index (χ0) is 14.1. The summed E-state index contributed by atoms with van der Waals surface area (Å²) in [5.74, 6) is 1.62. The molecule has 4 heteroatoms. The summed E-state index contributed by atoms with van der Waals surface area (Å²) in [5, 5.41) is 7.05. The molecule has 3 nitrogen and oxygen atoms in total. The van der Waals surface area contributed by atoms with E-state index in [2.05, 4.69) is 36.4 Å². The van der Waals surface area contributed by atoms with Crippen molar-refractivity contribution in [3.05, 3.63) is 16.1 Å². The Balaban J connectivity index is 1.55. The second-order valence-electron chi connectivity index (χ2n) is 6.88.